The van der Waals surface area contributed by atoms with Crippen LogP contribution < -0.4 is 10.6 Å². The van der Waals surface area contributed by atoms with E-state index in [9.17, 15) is 4.79 Å². The summed E-state index contributed by atoms with van der Waals surface area (Å²) in [5.41, 5.74) is 4.57. The number of nitrogens with one attached hydrogen (secondary N) is 2. The standard InChI is InChI=1S/C26H28N4O2/c1-2-30-16-20(15-28-30)18-8-7-9-19(14-18)25(23-11-5-6-13-27-23)29-26(31)22-17-32-24-12-4-3-10-21(22)24/h3-4,7-10,12,14-17,23,25,27H,2,5-6,11,13H2,1H3,(H,29,31)/t23-,25-/m0/s1. The Morgan fingerprint density at radius 2 is 2.12 bits per heavy atom. The van der Waals surface area contributed by atoms with Gasteiger partial charge in [-0.05, 0) is 49.6 Å². The van der Waals surface area contributed by atoms with Gasteiger partial charge in [0.1, 0.15) is 11.8 Å². The largest absolute Gasteiger partial charge is 0.463 e. The predicted octanol–water partition coefficient (Wildman–Crippen LogP) is 4.93. The van der Waals surface area contributed by atoms with Crippen LogP contribution >= 0.6 is 0 Å². The van der Waals surface area contributed by atoms with E-state index in [1.807, 2.05) is 35.1 Å². The van der Waals surface area contributed by atoms with Crippen molar-refractivity contribution in [3.63, 3.8) is 0 Å². The number of aromatic nitrogens is 2. The lowest BCUT2D eigenvalue weighted by molar-refractivity contribution is 0.0923. The van der Waals surface area contributed by atoms with Crippen LogP contribution in [0.2, 0.25) is 0 Å². The summed E-state index contributed by atoms with van der Waals surface area (Å²) in [6.07, 6.45) is 8.85. The van der Waals surface area contributed by atoms with Crippen LogP contribution in [0.4, 0.5) is 0 Å². The number of hydrogen-bond acceptors (Lipinski definition) is 4. The number of aryl methyl sites for hydroxylation is 1. The second-order valence-corrected chi connectivity index (χ2v) is 8.36. The Morgan fingerprint density at radius 3 is 2.94 bits per heavy atom. The molecule has 6 heteroatoms. The molecule has 0 radical (unpaired) electrons. The molecule has 4 aromatic rings. The van der Waals surface area contributed by atoms with Crippen LogP contribution in [0.15, 0.2) is 71.6 Å². The summed E-state index contributed by atoms with van der Waals surface area (Å²) in [4.78, 5) is 13.3. The molecule has 0 bridgehead atoms. The SMILES string of the molecule is CCn1cc(-c2cccc([C@H](NC(=O)c3coc4ccccc34)[C@@H]3CCCCN3)c2)cn1. The van der Waals surface area contributed by atoms with Crippen LogP contribution in [0.25, 0.3) is 22.1 Å². The molecular weight excluding hydrogens is 400 g/mol. The van der Waals surface area contributed by atoms with Crippen molar-refractivity contribution in [3.05, 3.63) is 78.3 Å². The first kappa shape index (κ1) is 20.5. The third-order valence-electron chi connectivity index (χ3n) is 6.30. The van der Waals surface area contributed by atoms with Gasteiger partial charge in [-0.3, -0.25) is 9.48 Å². The molecule has 0 unspecified atom stereocenters. The minimum atomic E-state index is -0.141. The molecule has 2 atom stereocenters. The van der Waals surface area contributed by atoms with Gasteiger partial charge in [0.15, 0.2) is 0 Å². The Labute approximate surface area is 187 Å². The smallest absolute Gasteiger partial charge is 0.255 e. The molecule has 32 heavy (non-hydrogen) atoms. The maximum Gasteiger partial charge on any atom is 0.255 e. The Balaban J connectivity index is 1.47. The molecule has 5 rings (SSSR count). The van der Waals surface area contributed by atoms with E-state index in [1.165, 1.54) is 6.42 Å². The summed E-state index contributed by atoms with van der Waals surface area (Å²) in [6, 6.07) is 16.1. The number of rotatable bonds is 6. The lowest BCUT2D eigenvalue weighted by atomic mass is 9.91. The minimum absolute atomic E-state index is 0.114. The monoisotopic (exact) mass is 428 g/mol. The lowest BCUT2D eigenvalue weighted by Gasteiger charge is -2.32. The van der Waals surface area contributed by atoms with E-state index >= 15 is 0 Å². The summed E-state index contributed by atoms with van der Waals surface area (Å²) in [5, 5.41) is 12.2. The number of piperidine rings is 1. The topological polar surface area (TPSA) is 72.1 Å². The Bertz CT molecular complexity index is 1220. The molecule has 2 aromatic carbocycles. The number of amides is 1. The van der Waals surface area contributed by atoms with Crippen molar-refractivity contribution in [2.45, 2.75) is 44.8 Å². The van der Waals surface area contributed by atoms with Crippen molar-refractivity contribution in [2.24, 2.45) is 0 Å². The molecular formula is C26H28N4O2. The van der Waals surface area contributed by atoms with E-state index < -0.39 is 0 Å². The van der Waals surface area contributed by atoms with Gasteiger partial charge in [-0.15, -0.1) is 0 Å². The van der Waals surface area contributed by atoms with Crippen LogP contribution in [0.3, 0.4) is 0 Å². The molecule has 2 aromatic heterocycles. The third kappa shape index (κ3) is 4.06. The van der Waals surface area contributed by atoms with Crippen molar-refractivity contribution in [3.8, 4) is 11.1 Å². The van der Waals surface area contributed by atoms with E-state index in [1.54, 1.807) is 6.26 Å². The van der Waals surface area contributed by atoms with Crippen molar-refractivity contribution in [1.82, 2.24) is 20.4 Å². The zero-order chi connectivity index (χ0) is 21.9. The first-order chi connectivity index (χ1) is 15.7. The van der Waals surface area contributed by atoms with Crippen molar-refractivity contribution < 1.29 is 9.21 Å². The van der Waals surface area contributed by atoms with Gasteiger partial charge in [0.05, 0.1) is 17.8 Å². The average molecular weight is 429 g/mol. The predicted molar refractivity (Wildman–Crippen MR) is 125 cm³/mol. The molecule has 1 fully saturated rings. The number of furan rings is 1. The first-order valence-corrected chi connectivity index (χ1v) is 11.4. The Morgan fingerprint density at radius 1 is 1.22 bits per heavy atom. The summed E-state index contributed by atoms with van der Waals surface area (Å²) < 4.78 is 7.53. The number of fused-ring (bicyclic) bond motifs is 1. The maximum absolute atomic E-state index is 13.3. The Kier molecular flexibility index (Phi) is 5.77. The number of carbonyl (C=O) groups is 1. The zero-order valence-corrected chi connectivity index (χ0v) is 18.3. The van der Waals surface area contributed by atoms with Gasteiger partial charge in [0, 0.05) is 29.7 Å². The molecule has 6 nitrogen and oxygen atoms in total. The van der Waals surface area contributed by atoms with Crippen LogP contribution in [-0.4, -0.2) is 28.3 Å². The van der Waals surface area contributed by atoms with Gasteiger partial charge in [-0.2, -0.15) is 5.10 Å². The number of carbonyl (C=O) groups excluding carboxylic acids is 1. The Hall–Kier alpha value is -3.38. The molecule has 2 N–H and O–H groups in total. The minimum Gasteiger partial charge on any atom is -0.463 e. The second kappa shape index (κ2) is 9.01. The third-order valence-corrected chi connectivity index (χ3v) is 6.30. The van der Waals surface area contributed by atoms with E-state index in [0.29, 0.717) is 5.56 Å². The van der Waals surface area contributed by atoms with Gasteiger partial charge in [0.25, 0.3) is 5.91 Å². The highest BCUT2D eigenvalue weighted by Gasteiger charge is 2.28. The molecule has 0 aliphatic carbocycles. The molecule has 1 aliphatic heterocycles. The van der Waals surface area contributed by atoms with Crippen LogP contribution in [0.1, 0.15) is 48.1 Å². The fraction of sp³-hybridized carbons (Fsp3) is 0.308. The highest BCUT2D eigenvalue weighted by atomic mass is 16.3. The van der Waals surface area contributed by atoms with Gasteiger partial charge >= 0.3 is 0 Å². The first-order valence-electron chi connectivity index (χ1n) is 11.4. The average Bonchev–Trinajstić information content (AvgIpc) is 3.50. The van der Waals surface area contributed by atoms with Crippen LogP contribution in [0, 0.1) is 0 Å². The zero-order valence-electron chi connectivity index (χ0n) is 18.3. The highest BCUT2D eigenvalue weighted by Crippen LogP contribution is 2.29. The fourth-order valence-corrected chi connectivity index (χ4v) is 4.55. The number of hydrogen-bond donors (Lipinski definition) is 2. The molecule has 164 valence electrons. The quantitative estimate of drug-likeness (QED) is 0.457. The van der Waals surface area contributed by atoms with E-state index in [-0.39, 0.29) is 18.0 Å². The van der Waals surface area contributed by atoms with E-state index in [0.717, 1.165) is 53.6 Å². The maximum atomic E-state index is 13.3. The van der Waals surface area contributed by atoms with Gasteiger partial charge < -0.3 is 15.1 Å². The number of para-hydroxylation sites is 1. The number of nitrogens with zero attached hydrogens (tertiary/aromatic N) is 2. The van der Waals surface area contributed by atoms with Crippen molar-refractivity contribution in [1.29, 1.82) is 0 Å². The van der Waals surface area contributed by atoms with Gasteiger partial charge in [-0.1, -0.05) is 42.8 Å². The van der Waals surface area contributed by atoms with Gasteiger partial charge in [0.2, 0.25) is 0 Å². The summed E-state index contributed by atoms with van der Waals surface area (Å²) in [5.74, 6) is -0.114. The van der Waals surface area contributed by atoms with Crippen molar-refractivity contribution >= 4 is 16.9 Å². The summed E-state index contributed by atoms with van der Waals surface area (Å²) in [6.45, 7) is 3.88. The summed E-state index contributed by atoms with van der Waals surface area (Å²) >= 11 is 0. The molecule has 1 amide bonds. The normalized spacial score (nSPS) is 17.3. The molecule has 1 saturated heterocycles. The highest BCUT2D eigenvalue weighted by molar-refractivity contribution is 6.06. The molecule has 3 heterocycles. The van der Waals surface area contributed by atoms with E-state index in [2.05, 4.69) is 53.1 Å². The molecule has 0 spiro atoms. The van der Waals surface area contributed by atoms with Crippen LogP contribution in [0.5, 0.6) is 0 Å². The number of benzene rings is 2. The van der Waals surface area contributed by atoms with Crippen LogP contribution in [-0.2, 0) is 6.54 Å². The fourth-order valence-electron chi connectivity index (χ4n) is 4.55. The molecule has 0 saturated carbocycles. The van der Waals surface area contributed by atoms with Crippen molar-refractivity contribution in [2.75, 3.05) is 6.54 Å². The second-order valence-electron chi connectivity index (χ2n) is 8.36. The van der Waals surface area contributed by atoms with E-state index in [4.69, 9.17) is 4.42 Å². The lowest BCUT2D eigenvalue weighted by Crippen LogP contribution is -2.46. The van der Waals surface area contributed by atoms with Gasteiger partial charge in [-0.25, -0.2) is 0 Å². The molecule has 1 aliphatic rings. The summed E-state index contributed by atoms with van der Waals surface area (Å²) in [7, 11) is 0.